The number of nitrogens with one attached hydrogen (secondary N) is 2. The minimum atomic E-state index is -6.09. The predicted molar refractivity (Wildman–Crippen MR) is 308 cm³/mol. The van der Waals surface area contributed by atoms with Gasteiger partial charge in [-0.3, -0.25) is 19.5 Å². The number of carbonyl (C=O) groups excluding carboxylic acids is 2. The summed E-state index contributed by atoms with van der Waals surface area (Å²) in [6.07, 6.45) is 5.03. The number of halogens is 4. The minimum Gasteiger partial charge on any atom is -0.444 e. The Labute approximate surface area is 478 Å². The van der Waals surface area contributed by atoms with Crippen LogP contribution < -0.4 is 14.9 Å². The number of alkyl halides is 3. The van der Waals surface area contributed by atoms with Crippen LogP contribution in [0.4, 0.5) is 29.3 Å². The number of piperazine rings is 2. The van der Waals surface area contributed by atoms with Gasteiger partial charge < -0.3 is 24.6 Å². The summed E-state index contributed by atoms with van der Waals surface area (Å²) in [5.74, 6) is -0.671. The van der Waals surface area contributed by atoms with E-state index in [-0.39, 0.29) is 22.6 Å². The maximum absolute atomic E-state index is 14.4. The number of sulfonamides is 1. The molecule has 4 aromatic rings. The zero-order valence-corrected chi connectivity index (χ0v) is 49.1. The zero-order valence-electron chi connectivity index (χ0n) is 45.9. The number of anilines is 2. The van der Waals surface area contributed by atoms with Crippen molar-refractivity contribution in [2.75, 3.05) is 108 Å². The van der Waals surface area contributed by atoms with Gasteiger partial charge in [0, 0.05) is 117 Å². The number of nitrogens with zero attached hydrogens (tertiary/aromatic N) is 5. The second-order valence-electron chi connectivity index (χ2n) is 23.2. The SMILES string of the molecule is CC(C)(C)OC(=O)N1CCN(C[C@]2(C)CCC(c3ccc(Cl)cc3)=C(CN3CCN(c4ccc(C(=O)NS(=O)(=O)c5ccc(NC(CCN6CCOCC67CC7)CSc6ccccc6)c(S(=O)(=O)C(F)(F)F)c5)cc4)CC3)C2)CC1. The Kier molecular flexibility index (Phi) is 18.3. The van der Waals surface area contributed by atoms with E-state index in [0.717, 1.165) is 94.1 Å². The van der Waals surface area contributed by atoms with E-state index in [9.17, 15) is 39.6 Å². The molecule has 0 bridgehead atoms. The van der Waals surface area contributed by atoms with Crippen LogP contribution >= 0.6 is 23.4 Å². The average Bonchev–Trinajstić information content (AvgIpc) is 4.22. The lowest BCUT2D eigenvalue weighted by Gasteiger charge is -2.44. The van der Waals surface area contributed by atoms with E-state index in [1.807, 2.05) is 68.0 Å². The van der Waals surface area contributed by atoms with Crippen LogP contribution in [0.5, 0.6) is 0 Å². The number of thioether (sulfide) groups is 1. The molecule has 2 aliphatic carbocycles. The molecule has 2 N–H and O–H groups in total. The fourth-order valence-electron chi connectivity index (χ4n) is 11.3. The van der Waals surface area contributed by atoms with Gasteiger partial charge in [-0.05, 0) is 143 Å². The predicted octanol–water partition coefficient (Wildman–Crippen LogP) is 9.90. The Morgan fingerprint density at radius 2 is 1.50 bits per heavy atom. The standard InChI is InChI=1S/C58H73ClF3N7O8S3/c1-55(2,3)77-54(71)68-32-28-66(29-33-68)40-56(4)22-20-50(42-10-14-45(59)15-11-42)44(37-56)38-65-26-30-67(31-27-65)47-16-12-43(13-17-47)53(70)64-80(74,75)49-18-19-51(52(36-49)79(72,73)58(60,61)62)63-46(39-78-48-8-6-5-7-9-48)21-25-69-34-35-76-41-57(69)23-24-57/h5-19,36,46,63H,20-35,37-41H2,1-4H3,(H,64,70)/t46?,56-/m1/s1. The van der Waals surface area contributed by atoms with Gasteiger partial charge in [0.1, 0.15) is 10.5 Å². The van der Waals surface area contributed by atoms with E-state index in [1.54, 1.807) is 17.0 Å². The summed E-state index contributed by atoms with van der Waals surface area (Å²) >= 11 is 7.79. The molecule has 3 aliphatic heterocycles. The van der Waals surface area contributed by atoms with Gasteiger partial charge in [0.05, 0.1) is 23.8 Å². The molecule has 3 heterocycles. The van der Waals surface area contributed by atoms with Crippen molar-refractivity contribution < 1.29 is 49.1 Å². The lowest BCUT2D eigenvalue weighted by molar-refractivity contribution is -0.0436. The largest absolute Gasteiger partial charge is 0.501 e. The number of hydrogen-bond acceptors (Lipinski definition) is 14. The number of carbonyl (C=O) groups is 2. The van der Waals surface area contributed by atoms with Crippen LogP contribution in [0.15, 0.2) is 117 Å². The van der Waals surface area contributed by atoms with Gasteiger partial charge in [0.15, 0.2) is 0 Å². The molecule has 2 amide bonds. The Bertz CT molecular complexity index is 3090. The van der Waals surface area contributed by atoms with Crippen molar-refractivity contribution in [3.63, 3.8) is 0 Å². The van der Waals surface area contributed by atoms with E-state index in [4.69, 9.17) is 21.1 Å². The summed E-state index contributed by atoms with van der Waals surface area (Å²) in [7, 11) is -11.0. The van der Waals surface area contributed by atoms with Crippen molar-refractivity contribution in [1.82, 2.24) is 24.3 Å². The van der Waals surface area contributed by atoms with E-state index < -0.39 is 58.4 Å². The fraction of sp³-hybridized carbons (Fsp3) is 0.517. The summed E-state index contributed by atoms with van der Waals surface area (Å²) in [5, 5.41) is 3.74. The number of morpholine rings is 1. The molecule has 2 atom stereocenters. The smallest absolute Gasteiger partial charge is 0.444 e. The summed E-state index contributed by atoms with van der Waals surface area (Å²) in [4.78, 5) is 36.4. The molecule has 22 heteroatoms. The van der Waals surface area contributed by atoms with Gasteiger partial charge in [-0.2, -0.15) is 13.2 Å². The molecule has 5 aliphatic rings. The van der Waals surface area contributed by atoms with Crippen LogP contribution in [0.25, 0.3) is 5.57 Å². The maximum Gasteiger partial charge on any atom is 0.501 e. The Balaban J connectivity index is 0.833. The quantitative estimate of drug-likeness (QED) is 0.0906. The lowest BCUT2D eigenvalue weighted by Crippen LogP contribution is -2.52. The molecular formula is C58H73ClF3N7O8S3. The van der Waals surface area contributed by atoms with Crippen LogP contribution in [0.3, 0.4) is 0 Å². The van der Waals surface area contributed by atoms with Gasteiger partial charge in [0.25, 0.3) is 25.8 Å². The van der Waals surface area contributed by atoms with Gasteiger partial charge in [-0.25, -0.2) is 26.4 Å². The van der Waals surface area contributed by atoms with Crippen molar-refractivity contribution >= 4 is 72.2 Å². The third-order valence-electron chi connectivity index (χ3n) is 15.9. The monoisotopic (exact) mass is 1180 g/mol. The normalized spacial score (nSPS) is 21.1. The van der Waals surface area contributed by atoms with Crippen molar-refractivity contribution in [2.24, 2.45) is 5.41 Å². The minimum absolute atomic E-state index is 0.0173. The number of hydrogen-bond donors (Lipinski definition) is 2. The molecule has 80 heavy (non-hydrogen) atoms. The zero-order chi connectivity index (χ0) is 57.1. The number of rotatable bonds is 18. The first-order valence-corrected chi connectivity index (χ1v) is 31.7. The molecule has 4 aromatic carbocycles. The lowest BCUT2D eigenvalue weighted by atomic mass is 9.71. The molecule has 9 rings (SSSR count). The van der Waals surface area contributed by atoms with Crippen LogP contribution in [0.2, 0.25) is 5.02 Å². The van der Waals surface area contributed by atoms with Gasteiger partial charge in [0.2, 0.25) is 0 Å². The highest BCUT2D eigenvalue weighted by Gasteiger charge is 2.50. The van der Waals surface area contributed by atoms with E-state index in [1.165, 1.54) is 40.6 Å². The number of sulfone groups is 1. The second-order valence-corrected chi connectivity index (χ2v) is 28.3. The fourth-order valence-corrected chi connectivity index (χ4v) is 14.5. The Hall–Kier alpha value is -4.87. The van der Waals surface area contributed by atoms with Crippen molar-refractivity contribution in [1.29, 1.82) is 0 Å². The highest BCUT2D eigenvalue weighted by molar-refractivity contribution is 7.99. The van der Waals surface area contributed by atoms with Gasteiger partial charge in [-0.1, -0.05) is 54.4 Å². The average molecular weight is 1180 g/mol. The summed E-state index contributed by atoms with van der Waals surface area (Å²) in [6, 6.07) is 25.9. The molecule has 15 nitrogen and oxygen atoms in total. The van der Waals surface area contributed by atoms with Crippen LogP contribution in [-0.2, 0) is 29.3 Å². The molecule has 4 fully saturated rings. The molecule has 1 unspecified atom stereocenters. The van der Waals surface area contributed by atoms with E-state index in [2.05, 4.69) is 44.0 Å². The van der Waals surface area contributed by atoms with Crippen molar-refractivity contribution in [2.45, 2.75) is 104 Å². The number of amides is 2. The first kappa shape index (κ1) is 59.7. The second kappa shape index (κ2) is 24.5. The molecule has 1 spiro atoms. The Morgan fingerprint density at radius 1 is 0.825 bits per heavy atom. The van der Waals surface area contributed by atoms with Gasteiger partial charge >= 0.3 is 11.6 Å². The molecule has 1 saturated carbocycles. The summed E-state index contributed by atoms with van der Waals surface area (Å²) in [5.41, 5.74) is -1.99. The highest BCUT2D eigenvalue weighted by Crippen LogP contribution is 2.46. The molecule has 434 valence electrons. The maximum atomic E-state index is 14.4. The third kappa shape index (κ3) is 14.8. The first-order valence-electron chi connectivity index (χ1n) is 27.4. The van der Waals surface area contributed by atoms with Crippen LogP contribution in [0.1, 0.15) is 82.1 Å². The van der Waals surface area contributed by atoms with Crippen molar-refractivity contribution in [3.8, 4) is 0 Å². The Morgan fingerprint density at radius 3 is 2.15 bits per heavy atom. The van der Waals surface area contributed by atoms with Crippen LogP contribution in [0, 0.1) is 5.41 Å². The van der Waals surface area contributed by atoms with Crippen molar-refractivity contribution in [3.05, 3.63) is 119 Å². The van der Waals surface area contributed by atoms with Gasteiger partial charge in [-0.15, -0.1) is 11.8 Å². The molecule has 3 saturated heterocycles. The molecular weight excluding hydrogens is 1110 g/mol. The number of allylic oxidation sites excluding steroid dienone is 1. The highest BCUT2D eigenvalue weighted by atomic mass is 35.5. The summed E-state index contributed by atoms with van der Waals surface area (Å²) in [6.45, 7) is 17.9. The third-order valence-corrected chi connectivity index (χ3v) is 20.2. The topological polar surface area (TPSA) is 161 Å². The first-order chi connectivity index (χ1) is 37.9. The summed E-state index contributed by atoms with van der Waals surface area (Å²) < 4.78 is 110. The van der Waals surface area contributed by atoms with E-state index >= 15 is 0 Å². The van der Waals surface area contributed by atoms with E-state index in [0.29, 0.717) is 75.7 Å². The number of benzene rings is 4. The molecule has 0 aromatic heterocycles. The molecule has 0 radical (unpaired) electrons. The van der Waals surface area contributed by atoms with Crippen LogP contribution in [-0.4, -0.2) is 169 Å². The number of ether oxygens (including phenoxy) is 2.